The van der Waals surface area contributed by atoms with Gasteiger partial charge in [-0.3, -0.25) is 0 Å². The first-order chi connectivity index (χ1) is 8.33. The molecule has 0 fully saturated rings. The van der Waals surface area contributed by atoms with Crippen molar-refractivity contribution in [3.63, 3.8) is 0 Å². The second-order valence-electron chi connectivity index (χ2n) is 4.20. The highest BCUT2D eigenvalue weighted by atomic mass is 16.6. The van der Waals surface area contributed by atoms with Crippen LogP contribution in [0.2, 0.25) is 0 Å². The van der Waals surface area contributed by atoms with E-state index in [1.807, 2.05) is 0 Å². The van der Waals surface area contributed by atoms with Crippen LogP contribution in [0.25, 0.3) is 0 Å². The standard InChI is InChI=1S/C12H22O6/c1-5-7(3)17-11(15)9(13)10(14)12(16)18-8(4)6-2/h7-10,13-14H,5-6H2,1-4H3/t7?,8?,9-,10-/m0/s1. The summed E-state index contributed by atoms with van der Waals surface area (Å²) in [6.07, 6.45) is -3.46. The molecule has 0 saturated heterocycles. The Balaban J connectivity index is 4.35. The number of rotatable bonds is 7. The van der Waals surface area contributed by atoms with Gasteiger partial charge in [-0.1, -0.05) is 13.8 Å². The number of carbonyl (C=O) groups excluding carboxylic acids is 2. The zero-order chi connectivity index (χ0) is 14.3. The SMILES string of the molecule is CCC(C)OC(=O)[C@@H](O)[C@H](O)C(=O)OC(C)CC. The molecular weight excluding hydrogens is 240 g/mol. The third-order valence-electron chi connectivity index (χ3n) is 2.57. The smallest absolute Gasteiger partial charge is 0.338 e. The van der Waals surface area contributed by atoms with Gasteiger partial charge in [0.1, 0.15) is 0 Å². The Bertz CT molecular complexity index is 250. The molecule has 0 rings (SSSR count). The van der Waals surface area contributed by atoms with E-state index in [0.717, 1.165) is 0 Å². The minimum absolute atomic E-state index is 0.384. The second kappa shape index (κ2) is 8.05. The van der Waals surface area contributed by atoms with Gasteiger partial charge in [0.2, 0.25) is 0 Å². The molecule has 2 N–H and O–H groups in total. The van der Waals surface area contributed by atoms with Crippen molar-refractivity contribution < 1.29 is 29.3 Å². The number of ether oxygens (including phenoxy) is 2. The van der Waals surface area contributed by atoms with Crippen molar-refractivity contribution in [3.05, 3.63) is 0 Å². The molecule has 0 saturated carbocycles. The summed E-state index contributed by atoms with van der Waals surface area (Å²) in [7, 11) is 0. The molecule has 0 aliphatic heterocycles. The van der Waals surface area contributed by atoms with Crippen LogP contribution in [0, 0.1) is 0 Å². The van der Waals surface area contributed by atoms with Crippen molar-refractivity contribution in [2.75, 3.05) is 0 Å². The van der Waals surface area contributed by atoms with E-state index < -0.39 is 24.1 Å². The van der Waals surface area contributed by atoms with E-state index in [1.165, 1.54) is 0 Å². The maximum absolute atomic E-state index is 11.4. The second-order valence-corrected chi connectivity index (χ2v) is 4.20. The van der Waals surface area contributed by atoms with Crippen LogP contribution in [0.3, 0.4) is 0 Å². The van der Waals surface area contributed by atoms with Gasteiger partial charge in [-0.2, -0.15) is 0 Å². The molecule has 0 heterocycles. The highest BCUT2D eigenvalue weighted by Crippen LogP contribution is 2.06. The molecule has 0 radical (unpaired) electrons. The van der Waals surface area contributed by atoms with Crippen molar-refractivity contribution in [1.82, 2.24) is 0 Å². The number of esters is 2. The van der Waals surface area contributed by atoms with E-state index in [2.05, 4.69) is 0 Å². The number of aliphatic hydroxyl groups is 2. The van der Waals surface area contributed by atoms with E-state index in [1.54, 1.807) is 27.7 Å². The highest BCUT2D eigenvalue weighted by molar-refractivity contribution is 5.85. The summed E-state index contributed by atoms with van der Waals surface area (Å²) in [5, 5.41) is 18.9. The van der Waals surface area contributed by atoms with E-state index >= 15 is 0 Å². The van der Waals surface area contributed by atoms with Crippen LogP contribution in [-0.4, -0.2) is 46.6 Å². The molecule has 0 aliphatic rings. The summed E-state index contributed by atoms with van der Waals surface area (Å²) in [6, 6.07) is 0. The summed E-state index contributed by atoms with van der Waals surface area (Å²) >= 11 is 0. The topological polar surface area (TPSA) is 93.1 Å². The van der Waals surface area contributed by atoms with E-state index in [9.17, 15) is 19.8 Å². The Labute approximate surface area is 107 Å². The first-order valence-corrected chi connectivity index (χ1v) is 6.10. The first-order valence-electron chi connectivity index (χ1n) is 6.10. The highest BCUT2D eigenvalue weighted by Gasteiger charge is 2.34. The summed E-state index contributed by atoms with van der Waals surface area (Å²) in [4.78, 5) is 22.7. The average molecular weight is 262 g/mol. The first kappa shape index (κ1) is 16.9. The van der Waals surface area contributed by atoms with E-state index in [0.29, 0.717) is 12.8 Å². The summed E-state index contributed by atoms with van der Waals surface area (Å²) in [6.45, 7) is 6.90. The predicted molar refractivity (Wildman–Crippen MR) is 63.7 cm³/mol. The van der Waals surface area contributed by atoms with Gasteiger partial charge >= 0.3 is 11.9 Å². The van der Waals surface area contributed by atoms with Crippen LogP contribution < -0.4 is 0 Å². The lowest BCUT2D eigenvalue weighted by Gasteiger charge is -2.19. The van der Waals surface area contributed by atoms with Crippen molar-refractivity contribution in [2.45, 2.75) is 65.0 Å². The van der Waals surface area contributed by atoms with Gasteiger partial charge in [0.15, 0.2) is 12.2 Å². The third kappa shape index (κ3) is 5.46. The Hall–Kier alpha value is -1.14. The van der Waals surface area contributed by atoms with E-state index in [4.69, 9.17) is 9.47 Å². The maximum atomic E-state index is 11.4. The number of aliphatic hydroxyl groups excluding tert-OH is 2. The lowest BCUT2D eigenvalue weighted by molar-refractivity contribution is -0.178. The maximum Gasteiger partial charge on any atom is 0.338 e. The van der Waals surface area contributed by atoms with Crippen LogP contribution in [0.1, 0.15) is 40.5 Å². The largest absolute Gasteiger partial charge is 0.461 e. The molecule has 0 aliphatic carbocycles. The number of carbonyl (C=O) groups is 2. The molecule has 4 atom stereocenters. The van der Waals surface area contributed by atoms with Crippen molar-refractivity contribution in [2.24, 2.45) is 0 Å². The average Bonchev–Trinajstić information content (AvgIpc) is 2.36. The molecule has 0 bridgehead atoms. The zero-order valence-corrected chi connectivity index (χ0v) is 11.3. The molecule has 0 aromatic heterocycles. The Morgan fingerprint density at radius 3 is 1.39 bits per heavy atom. The van der Waals surface area contributed by atoms with Crippen LogP contribution in [0.4, 0.5) is 0 Å². The Kier molecular flexibility index (Phi) is 7.54. The quantitative estimate of drug-likeness (QED) is 0.645. The lowest BCUT2D eigenvalue weighted by Crippen LogP contribution is -2.43. The van der Waals surface area contributed by atoms with Crippen LogP contribution in [0.15, 0.2) is 0 Å². The fourth-order valence-electron chi connectivity index (χ4n) is 0.960. The molecule has 106 valence electrons. The predicted octanol–water partition coefficient (Wildman–Crippen LogP) is 0.392. The number of hydrogen-bond acceptors (Lipinski definition) is 6. The molecule has 18 heavy (non-hydrogen) atoms. The molecule has 0 amide bonds. The minimum atomic E-state index is -1.92. The normalized spacial score (nSPS) is 17.4. The lowest BCUT2D eigenvalue weighted by atomic mass is 10.2. The van der Waals surface area contributed by atoms with Crippen molar-refractivity contribution in [1.29, 1.82) is 0 Å². The summed E-state index contributed by atoms with van der Waals surface area (Å²) in [5.74, 6) is -2.06. The minimum Gasteiger partial charge on any atom is -0.461 e. The summed E-state index contributed by atoms with van der Waals surface area (Å²) in [5.41, 5.74) is 0. The van der Waals surface area contributed by atoms with Gasteiger partial charge in [0, 0.05) is 0 Å². The van der Waals surface area contributed by atoms with E-state index in [-0.39, 0.29) is 12.2 Å². The van der Waals surface area contributed by atoms with Crippen LogP contribution >= 0.6 is 0 Å². The van der Waals surface area contributed by atoms with Crippen LogP contribution in [-0.2, 0) is 19.1 Å². The molecule has 6 nitrogen and oxygen atoms in total. The Morgan fingerprint density at radius 2 is 1.17 bits per heavy atom. The zero-order valence-electron chi connectivity index (χ0n) is 11.3. The van der Waals surface area contributed by atoms with Crippen LogP contribution in [0.5, 0.6) is 0 Å². The van der Waals surface area contributed by atoms with Gasteiger partial charge < -0.3 is 19.7 Å². The molecule has 0 aromatic carbocycles. The summed E-state index contributed by atoms with van der Waals surface area (Å²) < 4.78 is 9.61. The molecule has 0 aromatic rings. The monoisotopic (exact) mass is 262 g/mol. The van der Waals surface area contributed by atoms with Gasteiger partial charge in [-0.25, -0.2) is 9.59 Å². The molecular formula is C12H22O6. The van der Waals surface area contributed by atoms with Gasteiger partial charge in [0.05, 0.1) is 12.2 Å². The van der Waals surface area contributed by atoms with Gasteiger partial charge in [-0.05, 0) is 26.7 Å². The Morgan fingerprint density at radius 1 is 0.889 bits per heavy atom. The van der Waals surface area contributed by atoms with Gasteiger partial charge in [0.25, 0.3) is 0 Å². The molecule has 0 spiro atoms. The third-order valence-corrected chi connectivity index (χ3v) is 2.57. The molecule has 2 unspecified atom stereocenters. The fraction of sp³-hybridized carbons (Fsp3) is 0.833. The van der Waals surface area contributed by atoms with Crippen molar-refractivity contribution in [3.8, 4) is 0 Å². The molecule has 6 heteroatoms. The van der Waals surface area contributed by atoms with Crippen molar-refractivity contribution >= 4 is 11.9 Å². The number of hydrogen-bond donors (Lipinski definition) is 2. The fourth-order valence-corrected chi connectivity index (χ4v) is 0.960. The van der Waals surface area contributed by atoms with Gasteiger partial charge in [-0.15, -0.1) is 0 Å².